The van der Waals surface area contributed by atoms with Crippen LogP contribution in [0.15, 0.2) is 97.1 Å². The van der Waals surface area contributed by atoms with Crippen molar-refractivity contribution in [2.45, 2.75) is 51.6 Å². The fourth-order valence-corrected chi connectivity index (χ4v) is 9.21. The molecule has 4 aromatic carbocycles. The second kappa shape index (κ2) is 15.6. The highest BCUT2D eigenvalue weighted by Crippen LogP contribution is 2.38. The first-order valence-electron chi connectivity index (χ1n) is 19.0. The molecule has 2 aliphatic carbocycles. The van der Waals surface area contributed by atoms with E-state index in [0.29, 0.717) is 44.3 Å². The Kier molecular flexibility index (Phi) is 10.4. The van der Waals surface area contributed by atoms with Crippen LogP contribution in [0.25, 0.3) is 21.8 Å². The van der Waals surface area contributed by atoms with Crippen LogP contribution in [0.1, 0.15) is 35.4 Å². The van der Waals surface area contributed by atoms with Crippen LogP contribution in [0.5, 0.6) is 5.75 Å². The lowest BCUT2D eigenvalue weighted by atomic mass is 9.85. The van der Waals surface area contributed by atoms with Crippen LogP contribution in [0, 0.1) is 15.4 Å². The maximum absolute atomic E-state index is 13.7. The molecule has 8 rings (SSSR count). The zero-order valence-electron chi connectivity index (χ0n) is 31.7. The van der Waals surface area contributed by atoms with E-state index in [2.05, 4.69) is 28.7 Å². The number of hydrogen-bond donors (Lipinski definition) is 0. The van der Waals surface area contributed by atoms with Crippen molar-refractivity contribution in [1.29, 1.82) is 0 Å². The molecule has 286 valence electrons. The molecule has 2 atom stereocenters. The van der Waals surface area contributed by atoms with Crippen molar-refractivity contribution < 1.29 is 28.7 Å². The van der Waals surface area contributed by atoms with Gasteiger partial charge in [-0.3, -0.25) is 9.59 Å². The van der Waals surface area contributed by atoms with Gasteiger partial charge in [-0.25, -0.2) is 9.59 Å². The molecule has 0 saturated heterocycles. The first-order valence-corrected chi connectivity index (χ1v) is 20.0. The third-order valence-electron chi connectivity index (χ3n) is 11.6. The van der Waals surface area contributed by atoms with Crippen molar-refractivity contribution in [1.82, 2.24) is 9.13 Å². The average Bonchev–Trinajstić information content (AvgIpc) is 3.69. The van der Waals surface area contributed by atoms with E-state index in [1.54, 1.807) is 16.9 Å². The van der Waals surface area contributed by atoms with Gasteiger partial charge in [-0.2, -0.15) is 0 Å². The van der Waals surface area contributed by atoms with E-state index in [9.17, 15) is 19.2 Å². The molecule has 11 heteroatoms. The summed E-state index contributed by atoms with van der Waals surface area (Å²) in [5, 5.41) is 1.93. The van der Waals surface area contributed by atoms with Crippen molar-refractivity contribution in [3.8, 4) is 5.75 Å². The number of amides is 2. The fourth-order valence-electron chi connectivity index (χ4n) is 8.72. The van der Waals surface area contributed by atoms with Crippen LogP contribution < -0.4 is 14.5 Å². The standard InChI is InChI=1S/C45H43IN4O6/c1-47(31-10-6-4-7-11-31)44(53)28-14-18-38-34(22-28)36-24-30(46)16-20-40(36)49(38)26-42(51)56-43(52)27-50-39-19-15-29(45(54)48(2)32-12-8-5-9-13-32)23-35(39)37-25-33(55-3)17-21-41(37)50/h4-13,16-17,20-21,24-25,28-29H,14-15,18-19,22-23,26-27H2,1-3H3. The van der Waals surface area contributed by atoms with E-state index in [0.717, 1.165) is 59.3 Å². The Morgan fingerprint density at radius 1 is 0.661 bits per heavy atom. The first-order chi connectivity index (χ1) is 27.1. The van der Waals surface area contributed by atoms with Crippen molar-refractivity contribution >= 4 is 79.5 Å². The van der Waals surface area contributed by atoms with Crippen LogP contribution in [0.3, 0.4) is 0 Å². The highest BCUT2D eigenvalue weighted by atomic mass is 127. The van der Waals surface area contributed by atoms with Gasteiger partial charge in [0.05, 0.1) is 7.11 Å². The van der Waals surface area contributed by atoms with Crippen LogP contribution in [0.2, 0.25) is 0 Å². The lowest BCUT2D eigenvalue weighted by Crippen LogP contribution is -2.36. The van der Waals surface area contributed by atoms with Gasteiger partial charge < -0.3 is 28.4 Å². The van der Waals surface area contributed by atoms with Gasteiger partial charge in [0.2, 0.25) is 11.8 Å². The summed E-state index contributed by atoms with van der Waals surface area (Å²) in [6.45, 7) is -0.269. The molecule has 0 fully saturated rings. The molecule has 10 nitrogen and oxygen atoms in total. The van der Waals surface area contributed by atoms with Crippen LogP contribution in [0.4, 0.5) is 11.4 Å². The Hall–Kier alpha value is -5.43. The fraction of sp³-hybridized carbons (Fsp3) is 0.289. The Morgan fingerprint density at radius 3 is 1.61 bits per heavy atom. The highest BCUT2D eigenvalue weighted by Gasteiger charge is 2.34. The summed E-state index contributed by atoms with van der Waals surface area (Å²) in [4.78, 5) is 58.0. The molecule has 6 aromatic rings. The molecule has 0 spiro atoms. The number of rotatable bonds is 9. The topological polar surface area (TPSA) is 103 Å². The number of carbonyl (C=O) groups is 4. The summed E-state index contributed by atoms with van der Waals surface area (Å²) in [6, 6.07) is 31.1. The first kappa shape index (κ1) is 37.5. The summed E-state index contributed by atoms with van der Waals surface area (Å²) in [5.74, 6) is -0.918. The number of benzene rings is 4. The Bertz CT molecular complexity index is 2490. The summed E-state index contributed by atoms with van der Waals surface area (Å²) in [6.07, 6.45) is 3.58. The SMILES string of the molecule is COc1ccc2c(c1)c1c(n2CC(=O)OC(=O)Cn2c3c(c4cc(I)ccc42)CC(C(=O)N(C)c2ccccc2)CC3)CCC(C(=O)N(C)c2ccccc2)C1. The lowest BCUT2D eigenvalue weighted by molar-refractivity contribution is -0.160. The van der Waals surface area contributed by atoms with Gasteiger partial charge in [0.25, 0.3) is 0 Å². The van der Waals surface area contributed by atoms with Gasteiger partial charge in [-0.15, -0.1) is 0 Å². The molecule has 2 aliphatic rings. The van der Waals surface area contributed by atoms with E-state index in [4.69, 9.17) is 9.47 Å². The van der Waals surface area contributed by atoms with E-state index in [1.807, 2.05) is 114 Å². The predicted octanol–water partition coefficient (Wildman–Crippen LogP) is 7.52. The summed E-state index contributed by atoms with van der Waals surface area (Å²) < 4.78 is 16.1. The normalized spacial score (nSPS) is 16.2. The molecule has 56 heavy (non-hydrogen) atoms. The Labute approximate surface area is 339 Å². The van der Waals surface area contributed by atoms with Gasteiger partial charge in [0.15, 0.2) is 0 Å². The van der Waals surface area contributed by atoms with Gasteiger partial charge in [-0.05, 0) is 133 Å². The molecule has 0 aliphatic heterocycles. The lowest BCUT2D eigenvalue weighted by Gasteiger charge is -2.28. The van der Waals surface area contributed by atoms with Crippen molar-refractivity contribution in [2.24, 2.45) is 11.8 Å². The number of esters is 2. The number of nitrogens with zero attached hydrogens (tertiary/aromatic N) is 4. The minimum atomic E-state index is -0.651. The van der Waals surface area contributed by atoms with Crippen molar-refractivity contribution in [3.05, 3.63) is 123 Å². The van der Waals surface area contributed by atoms with Crippen LogP contribution >= 0.6 is 22.6 Å². The molecular weight excluding hydrogens is 819 g/mol. The molecule has 2 heterocycles. The minimum absolute atomic E-state index is 0.0479. The number of carbonyl (C=O) groups excluding carboxylic acids is 4. The Morgan fingerprint density at radius 2 is 1.12 bits per heavy atom. The number of halogens is 1. The third kappa shape index (κ3) is 7.08. The maximum Gasteiger partial charge on any atom is 0.333 e. The van der Waals surface area contributed by atoms with Crippen molar-refractivity contribution in [2.75, 3.05) is 31.0 Å². The number of hydrogen-bond acceptors (Lipinski definition) is 6. The van der Waals surface area contributed by atoms with E-state index >= 15 is 0 Å². The zero-order chi connectivity index (χ0) is 39.1. The highest BCUT2D eigenvalue weighted by molar-refractivity contribution is 14.1. The summed E-state index contributed by atoms with van der Waals surface area (Å²) in [7, 11) is 5.24. The second-order valence-electron chi connectivity index (χ2n) is 14.8. The number of anilines is 2. The smallest absolute Gasteiger partial charge is 0.333 e. The molecule has 0 N–H and O–H groups in total. The van der Waals surface area contributed by atoms with Gasteiger partial charge in [-0.1, -0.05) is 36.4 Å². The third-order valence-corrected chi connectivity index (χ3v) is 12.2. The molecule has 0 radical (unpaired) electrons. The number of methoxy groups -OCH3 is 1. The van der Waals surface area contributed by atoms with Gasteiger partial charge in [0.1, 0.15) is 18.8 Å². The largest absolute Gasteiger partial charge is 0.497 e. The quantitative estimate of drug-likeness (QED) is 0.0848. The van der Waals surface area contributed by atoms with E-state index < -0.39 is 11.9 Å². The summed E-state index contributed by atoms with van der Waals surface area (Å²) >= 11 is 2.29. The summed E-state index contributed by atoms with van der Waals surface area (Å²) in [5.41, 5.74) is 7.44. The molecule has 0 bridgehead atoms. The zero-order valence-corrected chi connectivity index (χ0v) is 33.8. The minimum Gasteiger partial charge on any atom is -0.497 e. The van der Waals surface area contributed by atoms with E-state index in [-0.39, 0.29) is 36.7 Å². The van der Waals surface area contributed by atoms with Crippen LogP contribution in [-0.4, -0.2) is 54.1 Å². The number of aromatic nitrogens is 2. The van der Waals surface area contributed by atoms with E-state index in [1.165, 1.54) is 0 Å². The monoisotopic (exact) mass is 862 g/mol. The molecule has 2 amide bonds. The van der Waals surface area contributed by atoms with Crippen LogP contribution in [-0.2, 0) is 62.7 Å². The molecule has 0 saturated carbocycles. The molecular formula is C45H43IN4O6. The number of fused-ring (bicyclic) bond motifs is 6. The maximum atomic E-state index is 13.7. The average molecular weight is 863 g/mol. The Balaban J connectivity index is 1.01. The number of para-hydroxylation sites is 2. The van der Waals surface area contributed by atoms with Crippen molar-refractivity contribution in [3.63, 3.8) is 0 Å². The second-order valence-corrected chi connectivity index (χ2v) is 16.0. The van der Waals surface area contributed by atoms with Gasteiger partial charge in [0, 0.05) is 74.1 Å². The molecule has 2 unspecified atom stereocenters. The van der Waals surface area contributed by atoms with Gasteiger partial charge >= 0.3 is 11.9 Å². The molecule has 2 aromatic heterocycles. The number of ether oxygens (including phenoxy) is 2. The predicted molar refractivity (Wildman–Crippen MR) is 225 cm³/mol.